The Morgan fingerprint density at radius 2 is 2.33 bits per heavy atom. The Bertz CT molecular complexity index is 332. The lowest BCUT2D eigenvalue weighted by Gasteiger charge is -2.24. The van der Waals surface area contributed by atoms with E-state index in [-0.39, 0.29) is 0 Å². The quantitative estimate of drug-likeness (QED) is 0.756. The second-order valence-corrected chi connectivity index (χ2v) is 5.24. The number of nitrogens with two attached hydrogens (primary N) is 1. The van der Waals surface area contributed by atoms with Crippen molar-refractivity contribution in [1.82, 2.24) is 0 Å². The third-order valence-corrected chi connectivity index (χ3v) is 4.06. The van der Waals surface area contributed by atoms with Crippen LogP contribution in [0.3, 0.4) is 0 Å². The molecule has 2 rings (SSSR count). The molecular formula is C12H18N2S. The summed E-state index contributed by atoms with van der Waals surface area (Å²) in [7, 11) is 0. The number of nitrogen functional groups attached to an aromatic ring is 1. The molecule has 82 valence electrons. The average molecular weight is 222 g/mol. The van der Waals surface area contributed by atoms with Crippen LogP contribution in [0.2, 0.25) is 0 Å². The molecule has 1 unspecified atom stereocenters. The van der Waals surface area contributed by atoms with Gasteiger partial charge in [-0.25, -0.2) is 0 Å². The average Bonchev–Trinajstić information content (AvgIpc) is 2.26. The SMILES string of the molecule is Cc1cccc(NC2CCCSC2)c1N. The molecule has 1 aromatic rings. The summed E-state index contributed by atoms with van der Waals surface area (Å²) in [6.45, 7) is 2.05. The Balaban J connectivity index is 2.06. The van der Waals surface area contributed by atoms with Gasteiger partial charge in [0.05, 0.1) is 11.4 Å². The Morgan fingerprint density at radius 1 is 1.47 bits per heavy atom. The van der Waals surface area contributed by atoms with Crippen LogP contribution < -0.4 is 11.1 Å². The predicted octanol–water partition coefficient (Wildman–Crippen LogP) is 2.88. The molecule has 1 aliphatic rings. The van der Waals surface area contributed by atoms with Crippen LogP contribution >= 0.6 is 11.8 Å². The monoisotopic (exact) mass is 222 g/mol. The van der Waals surface area contributed by atoms with E-state index in [9.17, 15) is 0 Å². The third kappa shape index (κ3) is 2.59. The highest BCUT2D eigenvalue weighted by Gasteiger charge is 2.14. The van der Waals surface area contributed by atoms with Crippen molar-refractivity contribution in [3.8, 4) is 0 Å². The molecule has 2 nitrogen and oxygen atoms in total. The van der Waals surface area contributed by atoms with Crippen LogP contribution in [-0.2, 0) is 0 Å². The van der Waals surface area contributed by atoms with E-state index in [2.05, 4.69) is 30.4 Å². The van der Waals surface area contributed by atoms with Crippen molar-refractivity contribution >= 4 is 23.1 Å². The van der Waals surface area contributed by atoms with Gasteiger partial charge in [0.15, 0.2) is 0 Å². The summed E-state index contributed by atoms with van der Waals surface area (Å²) in [5.74, 6) is 2.51. The van der Waals surface area contributed by atoms with Gasteiger partial charge in [-0.15, -0.1) is 0 Å². The fourth-order valence-electron chi connectivity index (χ4n) is 1.88. The lowest BCUT2D eigenvalue weighted by atomic mass is 10.1. The Kier molecular flexibility index (Phi) is 3.41. The topological polar surface area (TPSA) is 38.0 Å². The number of rotatable bonds is 2. The Morgan fingerprint density at radius 3 is 3.07 bits per heavy atom. The first-order valence-electron chi connectivity index (χ1n) is 5.47. The molecule has 3 heteroatoms. The summed E-state index contributed by atoms with van der Waals surface area (Å²) in [6, 6.07) is 6.77. The zero-order valence-electron chi connectivity index (χ0n) is 9.12. The molecule has 0 radical (unpaired) electrons. The van der Waals surface area contributed by atoms with Gasteiger partial charge in [-0.1, -0.05) is 12.1 Å². The van der Waals surface area contributed by atoms with Crippen molar-refractivity contribution in [1.29, 1.82) is 0 Å². The van der Waals surface area contributed by atoms with Crippen molar-refractivity contribution < 1.29 is 0 Å². The van der Waals surface area contributed by atoms with Gasteiger partial charge < -0.3 is 11.1 Å². The highest BCUT2D eigenvalue weighted by atomic mass is 32.2. The molecule has 0 aliphatic carbocycles. The normalized spacial score (nSPS) is 21.3. The highest BCUT2D eigenvalue weighted by Crippen LogP contribution is 2.26. The number of hydrogen-bond donors (Lipinski definition) is 2. The van der Waals surface area contributed by atoms with E-state index in [1.165, 1.54) is 24.3 Å². The number of para-hydroxylation sites is 1. The molecule has 0 bridgehead atoms. The van der Waals surface area contributed by atoms with Crippen molar-refractivity contribution in [2.75, 3.05) is 22.6 Å². The summed E-state index contributed by atoms with van der Waals surface area (Å²) in [6.07, 6.45) is 2.58. The van der Waals surface area contributed by atoms with E-state index in [0.717, 1.165) is 16.9 Å². The molecule has 0 aromatic heterocycles. The second kappa shape index (κ2) is 4.79. The lowest BCUT2D eigenvalue weighted by Crippen LogP contribution is -2.26. The van der Waals surface area contributed by atoms with Gasteiger partial charge in [0, 0.05) is 11.8 Å². The number of aryl methyl sites for hydroxylation is 1. The van der Waals surface area contributed by atoms with Crippen molar-refractivity contribution in [3.63, 3.8) is 0 Å². The van der Waals surface area contributed by atoms with Crippen molar-refractivity contribution in [3.05, 3.63) is 23.8 Å². The van der Waals surface area contributed by atoms with Crippen LogP contribution in [0, 0.1) is 6.92 Å². The van der Waals surface area contributed by atoms with Gasteiger partial charge in [0.1, 0.15) is 0 Å². The molecule has 15 heavy (non-hydrogen) atoms. The van der Waals surface area contributed by atoms with Gasteiger partial charge in [0.25, 0.3) is 0 Å². The molecule has 0 saturated carbocycles. The number of benzene rings is 1. The van der Waals surface area contributed by atoms with E-state index in [1.54, 1.807) is 0 Å². The van der Waals surface area contributed by atoms with Crippen LogP contribution in [0.15, 0.2) is 18.2 Å². The predicted molar refractivity (Wildman–Crippen MR) is 69.6 cm³/mol. The molecule has 1 atom stereocenters. The van der Waals surface area contributed by atoms with Crippen molar-refractivity contribution in [2.45, 2.75) is 25.8 Å². The van der Waals surface area contributed by atoms with E-state index in [1.807, 2.05) is 11.8 Å². The maximum absolute atomic E-state index is 6.03. The van der Waals surface area contributed by atoms with Crippen LogP contribution in [0.1, 0.15) is 18.4 Å². The van der Waals surface area contributed by atoms with Gasteiger partial charge >= 0.3 is 0 Å². The number of anilines is 2. The maximum atomic E-state index is 6.03. The van der Waals surface area contributed by atoms with Crippen LogP contribution in [-0.4, -0.2) is 17.5 Å². The molecule has 1 aromatic carbocycles. The number of thioether (sulfide) groups is 1. The summed E-state index contributed by atoms with van der Waals surface area (Å²) in [4.78, 5) is 0. The second-order valence-electron chi connectivity index (χ2n) is 4.09. The maximum Gasteiger partial charge on any atom is 0.0579 e. The van der Waals surface area contributed by atoms with E-state index < -0.39 is 0 Å². The summed E-state index contributed by atoms with van der Waals surface area (Å²) in [5, 5.41) is 3.54. The van der Waals surface area contributed by atoms with E-state index in [4.69, 9.17) is 5.73 Å². The smallest absolute Gasteiger partial charge is 0.0579 e. The molecule has 0 spiro atoms. The number of hydrogen-bond acceptors (Lipinski definition) is 3. The largest absolute Gasteiger partial charge is 0.397 e. The number of nitrogens with one attached hydrogen (secondary N) is 1. The van der Waals surface area contributed by atoms with Gasteiger partial charge in [-0.3, -0.25) is 0 Å². The zero-order chi connectivity index (χ0) is 10.7. The molecule has 1 fully saturated rings. The lowest BCUT2D eigenvalue weighted by molar-refractivity contribution is 0.685. The summed E-state index contributed by atoms with van der Waals surface area (Å²) >= 11 is 2.03. The standard InChI is InChI=1S/C12H18N2S/c1-9-4-2-6-11(12(9)13)14-10-5-3-7-15-8-10/h2,4,6,10,14H,3,5,7-8,13H2,1H3. The fourth-order valence-corrected chi connectivity index (χ4v) is 2.95. The van der Waals surface area contributed by atoms with Crippen LogP contribution in [0.25, 0.3) is 0 Å². The molecular weight excluding hydrogens is 204 g/mol. The molecule has 1 saturated heterocycles. The summed E-state index contributed by atoms with van der Waals surface area (Å²) < 4.78 is 0. The first kappa shape index (κ1) is 10.7. The highest BCUT2D eigenvalue weighted by molar-refractivity contribution is 7.99. The summed E-state index contributed by atoms with van der Waals surface area (Å²) in [5.41, 5.74) is 9.18. The van der Waals surface area contributed by atoms with Crippen molar-refractivity contribution in [2.24, 2.45) is 0 Å². The van der Waals surface area contributed by atoms with Crippen LogP contribution in [0.4, 0.5) is 11.4 Å². The van der Waals surface area contributed by atoms with E-state index in [0.29, 0.717) is 6.04 Å². The Labute approximate surface area is 95.6 Å². The first-order valence-corrected chi connectivity index (χ1v) is 6.62. The molecule has 0 amide bonds. The molecule has 1 heterocycles. The molecule has 1 aliphatic heterocycles. The molecule has 3 N–H and O–H groups in total. The zero-order valence-corrected chi connectivity index (χ0v) is 9.94. The third-order valence-electron chi connectivity index (χ3n) is 2.84. The van der Waals surface area contributed by atoms with Gasteiger partial charge in [-0.05, 0) is 37.1 Å². The van der Waals surface area contributed by atoms with Gasteiger partial charge in [-0.2, -0.15) is 11.8 Å². The first-order chi connectivity index (χ1) is 7.27. The fraction of sp³-hybridized carbons (Fsp3) is 0.500. The van der Waals surface area contributed by atoms with E-state index >= 15 is 0 Å². The minimum Gasteiger partial charge on any atom is -0.397 e. The van der Waals surface area contributed by atoms with Crippen LogP contribution in [0.5, 0.6) is 0 Å². The minimum absolute atomic E-state index is 0.591. The minimum atomic E-state index is 0.591. The Hall–Kier alpha value is -0.830. The van der Waals surface area contributed by atoms with Gasteiger partial charge in [0.2, 0.25) is 0 Å².